The van der Waals surface area contributed by atoms with Crippen LogP contribution in [0.15, 0.2) is 34.8 Å². The summed E-state index contributed by atoms with van der Waals surface area (Å²) in [4.78, 5) is 15.1. The van der Waals surface area contributed by atoms with Crippen LogP contribution in [0.1, 0.15) is 16.1 Å². The zero-order valence-corrected chi connectivity index (χ0v) is 11.4. The standard InChI is InChI=1S/C13H9BrFNO3/c1-7-2-4-9(13(17)18)12(16-7)19-11-6-8(15)3-5-10(11)14/h2-6H,1H3,(H,17,18). The van der Waals surface area contributed by atoms with E-state index in [-0.39, 0.29) is 17.2 Å². The van der Waals surface area contributed by atoms with Crippen LogP contribution in [0.5, 0.6) is 11.6 Å². The number of benzene rings is 1. The van der Waals surface area contributed by atoms with Crippen molar-refractivity contribution < 1.29 is 19.0 Å². The van der Waals surface area contributed by atoms with E-state index < -0.39 is 11.8 Å². The first-order valence-corrected chi connectivity index (χ1v) is 6.10. The molecule has 0 atom stereocenters. The number of aromatic nitrogens is 1. The SMILES string of the molecule is Cc1ccc(C(=O)O)c(Oc2cc(F)ccc2Br)n1. The monoisotopic (exact) mass is 325 g/mol. The first kappa shape index (κ1) is 13.5. The first-order chi connectivity index (χ1) is 8.97. The van der Waals surface area contributed by atoms with Gasteiger partial charge in [-0.2, -0.15) is 0 Å². The first-order valence-electron chi connectivity index (χ1n) is 5.31. The predicted octanol–water partition coefficient (Wildman–Crippen LogP) is 3.78. The van der Waals surface area contributed by atoms with Crippen LogP contribution in [-0.4, -0.2) is 16.1 Å². The van der Waals surface area contributed by atoms with Gasteiger partial charge in [0.05, 0.1) is 4.47 Å². The number of aromatic carboxylic acids is 1. The Labute approximate surface area is 117 Å². The second-order valence-corrected chi connectivity index (χ2v) is 4.64. The summed E-state index contributed by atoms with van der Waals surface area (Å²) in [5.41, 5.74) is 0.522. The quantitative estimate of drug-likeness (QED) is 0.932. The molecule has 0 amide bonds. The molecule has 0 aliphatic carbocycles. The number of carboxylic acid groups (broad SMARTS) is 1. The number of aryl methyl sites for hydroxylation is 1. The van der Waals surface area contributed by atoms with Gasteiger partial charge in [0.2, 0.25) is 5.88 Å². The second kappa shape index (κ2) is 5.36. The minimum atomic E-state index is -1.16. The van der Waals surface area contributed by atoms with E-state index in [1.165, 1.54) is 18.2 Å². The Morgan fingerprint density at radius 2 is 2.11 bits per heavy atom. The van der Waals surface area contributed by atoms with Crippen LogP contribution in [0, 0.1) is 12.7 Å². The van der Waals surface area contributed by atoms with E-state index in [2.05, 4.69) is 20.9 Å². The molecule has 1 aromatic carbocycles. The van der Waals surface area contributed by atoms with Crippen molar-refractivity contribution in [3.05, 3.63) is 51.9 Å². The molecule has 19 heavy (non-hydrogen) atoms. The molecule has 2 rings (SSSR count). The average molecular weight is 326 g/mol. The summed E-state index contributed by atoms with van der Waals surface area (Å²) >= 11 is 3.20. The van der Waals surface area contributed by atoms with Gasteiger partial charge in [-0.05, 0) is 47.1 Å². The van der Waals surface area contributed by atoms with Gasteiger partial charge in [-0.3, -0.25) is 0 Å². The smallest absolute Gasteiger partial charge is 0.341 e. The minimum Gasteiger partial charge on any atom is -0.477 e. The molecule has 4 nitrogen and oxygen atoms in total. The Kier molecular flexibility index (Phi) is 3.80. The van der Waals surface area contributed by atoms with Gasteiger partial charge in [-0.15, -0.1) is 0 Å². The third-order valence-corrected chi connectivity index (χ3v) is 2.98. The maximum absolute atomic E-state index is 13.2. The fraction of sp³-hybridized carbons (Fsp3) is 0.0769. The number of nitrogens with zero attached hydrogens (tertiary/aromatic N) is 1. The second-order valence-electron chi connectivity index (χ2n) is 3.79. The topological polar surface area (TPSA) is 59.4 Å². The minimum absolute atomic E-state index is 0.0706. The molecule has 0 fully saturated rings. The molecule has 0 unspecified atom stereocenters. The molecule has 0 saturated heterocycles. The number of ether oxygens (including phenoxy) is 1. The highest BCUT2D eigenvalue weighted by Crippen LogP contribution is 2.31. The highest BCUT2D eigenvalue weighted by atomic mass is 79.9. The normalized spacial score (nSPS) is 10.3. The van der Waals surface area contributed by atoms with Crippen LogP contribution in [-0.2, 0) is 0 Å². The van der Waals surface area contributed by atoms with Gasteiger partial charge in [0.25, 0.3) is 0 Å². The van der Waals surface area contributed by atoms with Crippen LogP contribution < -0.4 is 4.74 Å². The Morgan fingerprint density at radius 3 is 2.79 bits per heavy atom. The lowest BCUT2D eigenvalue weighted by molar-refractivity contribution is 0.0693. The summed E-state index contributed by atoms with van der Waals surface area (Å²) in [7, 11) is 0. The maximum atomic E-state index is 13.2. The summed E-state index contributed by atoms with van der Waals surface area (Å²) in [5.74, 6) is -1.54. The molecule has 2 aromatic rings. The van der Waals surface area contributed by atoms with Crippen LogP contribution in [0.4, 0.5) is 4.39 Å². The predicted molar refractivity (Wildman–Crippen MR) is 70.1 cm³/mol. The zero-order chi connectivity index (χ0) is 14.0. The Hall–Kier alpha value is -1.95. The maximum Gasteiger partial charge on any atom is 0.341 e. The lowest BCUT2D eigenvalue weighted by Gasteiger charge is -2.09. The molecular formula is C13H9BrFNO3. The summed E-state index contributed by atoms with van der Waals surface area (Å²) < 4.78 is 19.0. The molecule has 0 aliphatic rings. The van der Waals surface area contributed by atoms with E-state index in [4.69, 9.17) is 9.84 Å². The lowest BCUT2D eigenvalue weighted by atomic mass is 10.2. The fourth-order valence-electron chi connectivity index (χ4n) is 1.43. The van der Waals surface area contributed by atoms with Crippen molar-refractivity contribution in [1.29, 1.82) is 0 Å². The molecule has 0 bridgehead atoms. The van der Waals surface area contributed by atoms with Crippen molar-refractivity contribution in [3.63, 3.8) is 0 Å². The van der Waals surface area contributed by atoms with Gasteiger partial charge in [-0.25, -0.2) is 14.2 Å². The molecule has 0 saturated carbocycles. The summed E-state index contributed by atoms with van der Waals surface area (Å²) in [6.07, 6.45) is 0. The summed E-state index contributed by atoms with van der Waals surface area (Å²) in [6, 6.07) is 6.85. The van der Waals surface area contributed by atoms with Crippen molar-refractivity contribution in [2.45, 2.75) is 6.92 Å². The number of hydrogen-bond acceptors (Lipinski definition) is 3. The number of hydrogen-bond donors (Lipinski definition) is 1. The summed E-state index contributed by atoms with van der Waals surface area (Å²) in [5, 5.41) is 9.05. The van der Waals surface area contributed by atoms with Gasteiger partial charge in [0.1, 0.15) is 17.1 Å². The molecular weight excluding hydrogens is 317 g/mol. The van der Waals surface area contributed by atoms with Crippen LogP contribution in [0.25, 0.3) is 0 Å². The largest absolute Gasteiger partial charge is 0.477 e. The van der Waals surface area contributed by atoms with E-state index in [0.29, 0.717) is 10.2 Å². The van der Waals surface area contributed by atoms with Crippen molar-refractivity contribution in [3.8, 4) is 11.6 Å². The van der Waals surface area contributed by atoms with Gasteiger partial charge in [0.15, 0.2) is 0 Å². The summed E-state index contributed by atoms with van der Waals surface area (Å²) in [6.45, 7) is 1.71. The molecule has 0 aliphatic heterocycles. The van der Waals surface area contributed by atoms with Crippen molar-refractivity contribution in [2.24, 2.45) is 0 Å². The van der Waals surface area contributed by atoms with Gasteiger partial charge >= 0.3 is 5.97 Å². The van der Waals surface area contributed by atoms with Crippen molar-refractivity contribution >= 4 is 21.9 Å². The Bertz CT molecular complexity index is 646. The molecule has 1 heterocycles. The fourth-order valence-corrected chi connectivity index (χ4v) is 1.76. The third kappa shape index (κ3) is 3.08. The molecule has 0 spiro atoms. The molecule has 0 radical (unpaired) electrons. The van der Waals surface area contributed by atoms with Crippen LogP contribution in [0.2, 0.25) is 0 Å². The van der Waals surface area contributed by atoms with Crippen molar-refractivity contribution in [1.82, 2.24) is 4.98 Å². The molecule has 98 valence electrons. The van der Waals surface area contributed by atoms with Gasteiger partial charge < -0.3 is 9.84 Å². The number of halogens is 2. The molecule has 6 heteroatoms. The van der Waals surface area contributed by atoms with Gasteiger partial charge in [-0.1, -0.05) is 0 Å². The molecule has 1 N–H and O–H groups in total. The Balaban J connectivity index is 2.45. The number of pyridine rings is 1. The average Bonchev–Trinajstić information content (AvgIpc) is 2.33. The Morgan fingerprint density at radius 1 is 1.37 bits per heavy atom. The highest BCUT2D eigenvalue weighted by molar-refractivity contribution is 9.10. The lowest BCUT2D eigenvalue weighted by Crippen LogP contribution is -2.03. The number of carbonyl (C=O) groups is 1. The van der Waals surface area contributed by atoms with E-state index >= 15 is 0 Å². The number of rotatable bonds is 3. The molecule has 1 aromatic heterocycles. The van der Waals surface area contributed by atoms with Crippen LogP contribution >= 0.6 is 15.9 Å². The number of carboxylic acids is 1. The van der Waals surface area contributed by atoms with Gasteiger partial charge in [0, 0.05) is 11.8 Å². The van der Waals surface area contributed by atoms with E-state index in [0.717, 1.165) is 6.07 Å². The highest BCUT2D eigenvalue weighted by Gasteiger charge is 2.15. The van der Waals surface area contributed by atoms with E-state index in [1.807, 2.05) is 0 Å². The van der Waals surface area contributed by atoms with E-state index in [1.54, 1.807) is 13.0 Å². The third-order valence-electron chi connectivity index (χ3n) is 2.33. The van der Waals surface area contributed by atoms with Crippen LogP contribution in [0.3, 0.4) is 0 Å². The zero-order valence-electron chi connectivity index (χ0n) is 9.85. The van der Waals surface area contributed by atoms with E-state index in [9.17, 15) is 9.18 Å². The van der Waals surface area contributed by atoms with Crippen molar-refractivity contribution in [2.75, 3.05) is 0 Å².